The van der Waals surface area contributed by atoms with Crippen LogP contribution in [0.25, 0.3) is 0 Å². The number of urea groups is 1. The van der Waals surface area contributed by atoms with Gasteiger partial charge >= 0.3 is 6.03 Å². The van der Waals surface area contributed by atoms with Gasteiger partial charge in [-0.1, -0.05) is 22.9 Å². The first-order valence-electron chi connectivity index (χ1n) is 8.17. The largest absolute Gasteiger partial charge is 0.496 e. The van der Waals surface area contributed by atoms with Crippen molar-refractivity contribution in [2.24, 2.45) is 0 Å². The van der Waals surface area contributed by atoms with E-state index in [1.165, 1.54) is 0 Å². The minimum atomic E-state index is -0.986. The van der Waals surface area contributed by atoms with Gasteiger partial charge in [-0.2, -0.15) is 5.01 Å². The second-order valence-corrected chi connectivity index (χ2v) is 7.34. The SMILES string of the molecule is CC[C@]1(C)NC(=O)N(NC(=O)CN(C)Cc2cc(Br)ccc2OC)C1=O. The van der Waals surface area contributed by atoms with E-state index in [0.29, 0.717) is 18.7 Å². The highest BCUT2D eigenvalue weighted by atomic mass is 79.9. The molecule has 0 spiro atoms. The number of carbonyl (C=O) groups excluding carboxylic acids is 3. The van der Waals surface area contributed by atoms with Gasteiger partial charge in [-0.05, 0) is 38.6 Å². The summed E-state index contributed by atoms with van der Waals surface area (Å²) in [6.07, 6.45) is 0.437. The minimum absolute atomic E-state index is 0.00949. The van der Waals surface area contributed by atoms with E-state index in [9.17, 15) is 14.4 Å². The number of hydrazine groups is 1. The summed E-state index contributed by atoms with van der Waals surface area (Å²) in [4.78, 5) is 38.2. The molecule has 8 nitrogen and oxygen atoms in total. The molecule has 142 valence electrons. The number of ether oxygens (including phenoxy) is 1. The number of benzene rings is 1. The second kappa shape index (κ2) is 8.05. The van der Waals surface area contributed by atoms with Crippen molar-refractivity contribution < 1.29 is 19.1 Å². The zero-order chi connectivity index (χ0) is 19.5. The molecule has 26 heavy (non-hydrogen) atoms. The molecule has 1 atom stereocenters. The number of hydrogen-bond donors (Lipinski definition) is 2. The molecule has 1 heterocycles. The van der Waals surface area contributed by atoms with Crippen LogP contribution in [0.15, 0.2) is 22.7 Å². The first-order chi connectivity index (χ1) is 12.2. The summed E-state index contributed by atoms with van der Waals surface area (Å²) in [5.41, 5.74) is 2.30. The molecule has 0 unspecified atom stereocenters. The van der Waals surface area contributed by atoms with Gasteiger partial charge in [-0.3, -0.25) is 19.9 Å². The molecule has 2 rings (SSSR count). The van der Waals surface area contributed by atoms with Crippen molar-refractivity contribution >= 4 is 33.8 Å². The topological polar surface area (TPSA) is 91.0 Å². The van der Waals surface area contributed by atoms with Gasteiger partial charge in [0.2, 0.25) is 0 Å². The number of hydrogen-bond acceptors (Lipinski definition) is 5. The van der Waals surface area contributed by atoms with Gasteiger partial charge in [-0.25, -0.2) is 4.79 Å². The Morgan fingerprint density at radius 3 is 2.69 bits per heavy atom. The normalized spacial score (nSPS) is 19.7. The Hall–Kier alpha value is -2.13. The van der Waals surface area contributed by atoms with Gasteiger partial charge in [0, 0.05) is 16.6 Å². The van der Waals surface area contributed by atoms with Crippen molar-refractivity contribution in [3.05, 3.63) is 28.2 Å². The number of halogens is 1. The summed E-state index contributed by atoms with van der Waals surface area (Å²) in [5, 5.41) is 3.34. The molecule has 0 radical (unpaired) electrons. The highest BCUT2D eigenvalue weighted by Crippen LogP contribution is 2.24. The smallest absolute Gasteiger partial charge is 0.344 e. The standard InChI is InChI=1S/C17H23BrN4O4/c1-5-17(2)15(24)22(16(25)19-17)20-14(23)10-21(3)9-11-8-12(18)6-7-13(11)26-4/h6-8H,5,9-10H2,1-4H3,(H,19,25)(H,20,23)/t17-/m0/s1. The fourth-order valence-electron chi connectivity index (χ4n) is 2.65. The highest BCUT2D eigenvalue weighted by Gasteiger charge is 2.47. The van der Waals surface area contributed by atoms with Crippen molar-refractivity contribution in [1.82, 2.24) is 20.7 Å². The van der Waals surface area contributed by atoms with Crippen LogP contribution >= 0.6 is 15.9 Å². The van der Waals surface area contributed by atoms with Gasteiger partial charge in [-0.15, -0.1) is 0 Å². The van der Waals surface area contributed by atoms with Crippen molar-refractivity contribution in [2.75, 3.05) is 20.7 Å². The Morgan fingerprint density at radius 1 is 1.42 bits per heavy atom. The van der Waals surface area contributed by atoms with Crippen LogP contribution in [-0.4, -0.2) is 54.0 Å². The number of nitrogens with one attached hydrogen (secondary N) is 2. The number of imide groups is 1. The van der Waals surface area contributed by atoms with Gasteiger partial charge in [0.25, 0.3) is 11.8 Å². The number of likely N-dealkylation sites (N-methyl/N-ethyl adjacent to an activating group) is 1. The lowest BCUT2D eigenvalue weighted by Crippen LogP contribution is -2.50. The van der Waals surface area contributed by atoms with E-state index in [2.05, 4.69) is 26.7 Å². The third-order valence-electron chi connectivity index (χ3n) is 4.30. The summed E-state index contributed by atoms with van der Waals surface area (Å²) in [7, 11) is 3.35. The third kappa shape index (κ3) is 4.34. The van der Waals surface area contributed by atoms with Crippen LogP contribution in [0, 0.1) is 0 Å². The zero-order valence-electron chi connectivity index (χ0n) is 15.3. The van der Waals surface area contributed by atoms with E-state index in [1.54, 1.807) is 32.9 Å². The molecule has 0 aromatic heterocycles. The lowest BCUT2D eigenvalue weighted by Gasteiger charge is -2.21. The van der Waals surface area contributed by atoms with E-state index in [0.717, 1.165) is 15.0 Å². The van der Waals surface area contributed by atoms with Crippen LogP contribution in [-0.2, 0) is 16.1 Å². The Kier molecular flexibility index (Phi) is 6.25. The maximum Gasteiger partial charge on any atom is 0.344 e. The molecule has 0 bridgehead atoms. The predicted octanol–water partition coefficient (Wildman–Crippen LogP) is 1.64. The number of methoxy groups -OCH3 is 1. The van der Waals surface area contributed by atoms with Crippen LogP contribution in [0.2, 0.25) is 0 Å². The Labute approximate surface area is 160 Å². The first-order valence-corrected chi connectivity index (χ1v) is 8.96. The Balaban J connectivity index is 1.97. The monoisotopic (exact) mass is 426 g/mol. The van der Waals surface area contributed by atoms with Gasteiger partial charge in [0.05, 0.1) is 13.7 Å². The van der Waals surface area contributed by atoms with Crippen molar-refractivity contribution in [2.45, 2.75) is 32.4 Å². The van der Waals surface area contributed by atoms with E-state index in [1.807, 2.05) is 18.2 Å². The van der Waals surface area contributed by atoms with Crippen molar-refractivity contribution in [3.63, 3.8) is 0 Å². The van der Waals surface area contributed by atoms with Crippen molar-refractivity contribution in [3.8, 4) is 5.75 Å². The first kappa shape index (κ1) is 20.2. The van der Waals surface area contributed by atoms with E-state index < -0.39 is 23.4 Å². The second-order valence-electron chi connectivity index (χ2n) is 6.42. The fourth-order valence-corrected chi connectivity index (χ4v) is 3.06. The molecule has 1 aliphatic rings. The molecule has 1 aromatic rings. The van der Waals surface area contributed by atoms with Crippen LogP contribution in [0.4, 0.5) is 4.79 Å². The maximum absolute atomic E-state index is 12.3. The van der Waals surface area contributed by atoms with Crippen LogP contribution in [0.5, 0.6) is 5.75 Å². The molecule has 0 saturated carbocycles. The Bertz CT molecular complexity index is 727. The van der Waals surface area contributed by atoms with Gasteiger partial charge < -0.3 is 10.1 Å². The third-order valence-corrected chi connectivity index (χ3v) is 4.79. The molecule has 1 saturated heterocycles. The molecule has 4 amide bonds. The number of amides is 4. The minimum Gasteiger partial charge on any atom is -0.496 e. The molecular formula is C17H23BrN4O4. The Morgan fingerprint density at radius 2 is 2.12 bits per heavy atom. The lowest BCUT2D eigenvalue weighted by atomic mass is 10.00. The van der Waals surface area contributed by atoms with Crippen LogP contribution in [0.3, 0.4) is 0 Å². The maximum atomic E-state index is 12.3. The molecule has 9 heteroatoms. The molecule has 0 aliphatic carbocycles. The number of rotatable bonds is 7. The summed E-state index contributed by atoms with van der Waals surface area (Å²) in [5.74, 6) is -0.201. The molecular weight excluding hydrogens is 404 g/mol. The number of carbonyl (C=O) groups is 3. The van der Waals surface area contributed by atoms with E-state index in [4.69, 9.17) is 4.74 Å². The zero-order valence-corrected chi connectivity index (χ0v) is 16.8. The molecule has 1 aromatic carbocycles. The average Bonchev–Trinajstić information content (AvgIpc) is 2.79. The van der Waals surface area contributed by atoms with Crippen LogP contribution < -0.4 is 15.5 Å². The van der Waals surface area contributed by atoms with E-state index in [-0.39, 0.29) is 6.54 Å². The predicted molar refractivity (Wildman–Crippen MR) is 99.2 cm³/mol. The molecule has 1 aliphatic heterocycles. The van der Waals surface area contributed by atoms with Gasteiger partial charge in [0.15, 0.2) is 0 Å². The fraction of sp³-hybridized carbons (Fsp3) is 0.471. The molecule has 1 fully saturated rings. The summed E-state index contributed by atoms with van der Waals surface area (Å²) in [6.45, 7) is 3.89. The molecule has 2 N–H and O–H groups in total. The quantitative estimate of drug-likeness (QED) is 0.646. The van der Waals surface area contributed by atoms with Gasteiger partial charge in [0.1, 0.15) is 11.3 Å². The lowest BCUT2D eigenvalue weighted by molar-refractivity contribution is -0.139. The summed E-state index contributed by atoms with van der Waals surface area (Å²) >= 11 is 3.41. The highest BCUT2D eigenvalue weighted by molar-refractivity contribution is 9.10. The average molecular weight is 427 g/mol. The van der Waals surface area contributed by atoms with E-state index >= 15 is 0 Å². The summed E-state index contributed by atoms with van der Waals surface area (Å²) in [6, 6.07) is 5.00. The van der Waals surface area contributed by atoms with Crippen LogP contribution in [0.1, 0.15) is 25.8 Å². The summed E-state index contributed by atoms with van der Waals surface area (Å²) < 4.78 is 6.23. The number of nitrogens with zero attached hydrogens (tertiary/aromatic N) is 2. The van der Waals surface area contributed by atoms with Crippen molar-refractivity contribution in [1.29, 1.82) is 0 Å².